The minimum atomic E-state index is -0.562. The van der Waals surface area contributed by atoms with Crippen LogP contribution in [0.4, 0.5) is 10.1 Å². The van der Waals surface area contributed by atoms with Crippen LogP contribution in [0, 0.1) is 5.82 Å². The lowest BCUT2D eigenvalue weighted by molar-refractivity contribution is -0.110. The SMILES string of the molecule is CCN(CC)Cc1ccc2c(c1)C(C)(C)OC2=C1C(=O)Nc2ccc(F)cc21. The number of nitrogens with one attached hydrogen (secondary N) is 1. The van der Waals surface area contributed by atoms with Crippen LogP contribution in [-0.4, -0.2) is 23.9 Å². The van der Waals surface area contributed by atoms with Crippen molar-refractivity contribution in [2.24, 2.45) is 0 Å². The van der Waals surface area contributed by atoms with E-state index in [0.717, 1.165) is 30.8 Å². The lowest BCUT2D eigenvalue weighted by atomic mass is 9.92. The number of rotatable bonds is 4. The van der Waals surface area contributed by atoms with E-state index in [0.29, 0.717) is 22.6 Å². The van der Waals surface area contributed by atoms with Crippen LogP contribution in [0.3, 0.4) is 0 Å². The predicted octanol–water partition coefficient (Wildman–Crippen LogP) is 4.75. The number of fused-ring (bicyclic) bond motifs is 2. The Morgan fingerprint density at radius 3 is 2.54 bits per heavy atom. The Balaban J connectivity index is 1.83. The third-order valence-electron chi connectivity index (χ3n) is 5.59. The summed E-state index contributed by atoms with van der Waals surface area (Å²) in [7, 11) is 0. The fourth-order valence-corrected chi connectivity index (χ4v) is 4.01. The summed E-state index contributed by atoms with van der Waals surface area (Å²) in [5.41, 5.74) is 4.17. The molecule has 4 rings (SSSR count). The highest BCUT2D eigenvalue weighted by atomic mass is 19.1. The van der Waals surface area contributed by atoms with Gasteiger partial charge in [-0.1, -0.05) is 26.0 Å². The molecular weight excluding hydrogens is 355 g/mol. The number of carbonyl (C=O) groups excluding carboxylic acids is 1. The van der Waals surface area contributed by atoms with Crippen LogP contribution in [0.1, 0.15) is 49.9 Å². The first kappa shape index (κ1) is 18.7. The topological polar surface area (TPSA) is 41.6 Å². The Labute approximate surface area is 165 Å². The van der Waals surface area contributed by atoms with E-state index < -0.39 is 5.60 Å². The van der Waals surface area contributed by atoms with Gasteiger partial charge in [-0.2, -0.15) is 0 Å². The zero-order valence-corrected chi connectivity index (χ0v) is 16.7. The average molecular weight is 380 g/mol. The smallest absolute Gasteiger partial charge is 0.260 e. The van der Waals surface area contributed by atoms with Gasteiger partial charge < -0.3 is 10.1 Å². The molecular formula is C23H25FN2O2. The van der Waals surface area contributed by atoms with Gasteiger partial charge in [-0.25, -0.2) is 4.39 Å². The molecule has 0 saturated carbocycles. The molecule has 0 aromatic heterocycles. The standard InChI is InChI=1S/C23H25FN2O2/c1-5-26(6-2)13-14-7-9-16-18(11-14)23(3,4)28-21(16)20-17-12-15(24)8-10-19(17)25-22(20)27/h7-12H,5-6,13H2,1-4H3,(H,25,27). The molecule has 2 aliphatic heterocycles. The van der Waals surface area contributed by atoms with Gasteiger partial charge in [0.2, 0.25) is 0 Å². The molecule has 1 amide bonds. The molecule has 0 saturated heterocycles. The van der Waals surface area contributed by atoms with Crippen molar-refractivity contribution < 1.29 is 13.9 Å². The molecule has 146 valence electrons. The minimum absolute atomic E-state index is 0.258. The molecule has 2 aliphatic rings. The molecule has 5 heteroatoms. The molecule has 0 bridgehead atoms. The molecule has 4 nitrogen and oxygen atoms in total. The van der Waals surface area contributed by atoms with Crippen LogP contribution >= 0.6 is 0 Å². The summed E-state index contributed by atoms with van der Waals surface area (Å²) in [4.78, 5) is 15.0. The molecule has 0 atom stereocenters. The first-order valence-corrected chi connectivity index (χ1v) is 9.74. The van der Waals surface area contributed by atoms with Crippen molar-refractivity contribution in [3.8, 4) is 0 Å². The first-order valence-electron chi connectivity index (χ1n) is 9.74. The fraction of sp³-hybridized carbons (Fsp3) is 0.348. The summed E-state index contributed by atoms with van der Waals surface area (Å²) in [6.45, 7) is 11.2. The summed E-state index contributed by atoms with van der Waals surface area (Å²) >= 11 is 0. The number of benzene rings is 2. The minimum Gasteiger partial charge on any atom is -0.482 e. The van der Waals surface area contributed by atoms with Crippen LogP contribution in [0.2, 0.25) is 0 Å². The Kier molecular flexibility index (Phi) is 4.50. The van der Waals surface area contributed by atoms with Gasteiger partial charge in [0.1, 0.15) is 17.2 Å². The third kappa shape index (κ3) is 3.00. The van der Waals surface area contributed by atoms with Gasteiger partial charge in [0.15, 0.2) is 0 Å². The second kappa shape index (κ2) is 6.74. The lowest BCUT2D eigenvalue weighted by Crippen LogP contribution is -2.22. The number of ether oxygens (including phenoxy) is 1. The van der Waals surface area contributed by atoms with Crippen molar-refractivity contribution in [2.45, 2.75) is 39.8 Å². The summed E-state index contributed by atoms with van der Waals surface area (Å²) in [5.74, 6) is -0.108. The Morgan fingerprint density at radius 2 is 1.82 bits per heavy atom. The maximum Gasteiger partial charge on any atom is 0.260 e. The van der Waals surface area contributed by atoms with Gasteiger partial charge in [-0.15, -0.1) is 0 Å². The molecule has 28 heavy (non-hydrogen) atoms. The van der Waals surface area contributed by atoms with E-state index in [9.17, 15) is 9.18 Å². The number of halogens is 1. The number of amides is 1. The second-order valence-corrected chi connectivity index (χ2v) is 7.80. The zero-order valence-electron chi connectivity index (χ0n) is 16.7. The van der Waals surface area contributed by atoms with Crippen molar-refractivity contribution in [1.29, 1.82) is 0 Å². The molecule has 0 unspecified atom stereocenters. The number of nitrogens with zero attached hydrogens (tertiary/aromatic N) is 1. The van der Waals surface area contributed by atoms with E-state index in [-0.39, 0.29) is 11.7 Å². The molecule has 0 fully saturated rings. The summed E-state index contributed by atoms with van der Waals surface area (Å²) in [5, 5.41) is 2.81. The molecule has 0 spiro atoms. The van der Waals surface area contributed by atoms with Crippen LogP contribution in [-0.2, 0) is 21.7 Å². The average Bonchev–Trinajstić information content (AvgIpc) is 3.12. The highest BCUT2D eigenvalue weighted by Gasteiger charge is 2.40. The van der Waals surface area contributed by atoms with Gasteiger partial charge in [-0.3, -0.25) is 9.69 Å². The van der Waals surface area contributed by atoms with Gasteiger partial charge in [0.05, 0.1) is 5.57 Å². The maximum atomic E-state index is 13.8. The zero-order chi connectivity index (χ0) is 20.1. The number of carbonyl (C=O) groups is 1. The van der Waals surface area contributed by atoms with Crippen molar-refractivity contribution in [1.82, 2.24) is 4.90 Å². The summed E-state index contributed by atoms with van der Waals surface area (Å²) in [6.07, 6.45) is 0. The maximum absolute atomic E-state index is 13.8. The third-order valence-corrected chi connectivity index (χ3v) is 5.59. The number of hydrogen-bond donors (Lipinski definition) is 1. The highest BCUT2D eigenvalue weighted by Crippen LogP contribution is 2.48. The molecule has 2 heterocycles. The first-order chi connectivity index (χ1) is 13.3. The van der Waals surface area contributed by atoms with E-state index >= 15 is 0 Å². The van der Waals surface area contributed by atoms with E-state index in [2.05, 4.69) is 36.2 Å². The van der Waals surface area contributed by atoms with Crippen molar-refractivity contribution in [2.75, 3.05) is 18.4 Å². The normalized spacial score (nSPS) is 19.4. The molecule has 0 radical (unpaired) electrons. The number of hydrogen-bond acceptors (Lipinski definition) is 3. The molecule has 2 aromatic rings. The Bertz CT molecular complexity index is 990. The van der Waals surface area contributed by atoms with E-state index in [4.69, 9.17) is 4.74 Å². The monoisotopic (exact) mass is 380 g/mol. The van der Waals surface area contributed by atoms with Crippen LogP contribution in [0.15, 0.2) is 36.4 Å². The lowest BCUT2D eigenvalue weighted by Gasteiger charge is -2.21. The molecule has 2 aromatic carbocycles. The number of anilines is 1. The molecule has 0 aliphatic carbocycles. The van der Waals surface area contributed by atoms with Crippen LogP contribution < -0.4 is 5.32 Å². The quantitative estimate of drug-likeness (QED) is 0.778. The van der Waals surface area contributed by atoms with E-state index in [1.807, 2.05) is 19.9 Å². The summed E-state index contributed by atoms with van der Waals surface area (Å²) < 4.78 is 20.1. The van der Waals surface area contributed by atoms with Gasteiger partial charge in [0.25, 0.3) is 5.91 Å². The van der Waals surface area contributed by atoms with Crippen LogP contribution in [0.25, 0.3) is 11.3 Å². The predicted molar refractivity (Wildman–Crippen MR) is 109 cm³/mol. The molecule has 1 N–H and O–H groups in total. The van der Waals surface area contributed by atoms with Gasteiger partial charge in [-0.05, 0) is 56.8 Å². The Morgan fingerprint density at radius 1 is 1.07 bits per heavy atom. The van der Waals surface area contributed by atoms with E-state index in [1.54, 1.807) is 6.07 Å². The Hall–Kier alpha value is -2.66. The summed E-state index contributed by atoms with van der Waals surface area (Å²) in [6, 6.07) is 10.6. The highest BCUT2D eigenvalue weighted by molar-refractivity contribution is 6.36. The van der Waals surface area contributed by atoms with Crippen LogP contribution in [0.5, 0.6) is 0 Å². The van der Waals surface area contributed by atoms with Gasteiger partial charge in [0, 0.05) is 28.9 Å². The van der Waals surface area contributed by atoms with Crippen molar-refractivity contribution in [3.05, 3.63) is 64.5 Å². The van der Waals surface area contributed by atoms with Crippen molar-refractivity contribution >= 4 is 22.9 Å². The van der Waals surface area contributed by atoms with Crippen molar-refractivity contribution in [3.63, 3.8) is 0 Å². The largest absolute Gasteiger partial charge is 0.482 e. The van der Waals surface area contributed by atoms with Gasteiger partial charge >= 0.3 is 0 Å². The fourth-order valence-electron chi connectivity index (χ4n) is 4.01. The van der Waals surface area contributed by atoms with E-state index in [1.165, 1.54) is 17.7 Å². The second-order valence-electron chi connectivity index (χ2n) is 7.80.